The monoisotopic (exact) mass is 376 g/mol. The van der Waals surface area contributed by atoms with Crippen molar-refractivity contribution in [3.05, 3.63) is 23.9 Å². The predicted octanol–water partition coefficient (Wildman–Crippen LogP) is 1.95. The van der Waals surface area contributed by atoms with Crippen LogP contribution in [0.4, 0.5) is 5.82 Å². The zero-order chi connectivity index (χ0) is 15.4. The Labute approximate surface area is 155 Å². The average Bonchev–Trinajstić information content (AvgIpc) is 3.10. The summed E-state index contributed by atoms with van der Waals surface area (Å²) in [5.74, 6) is 0.737. The number of nitrogens with zero attached hydrogens (tertiary/aromatic N) is 2. The summed E-state index contributed by atoms with van der Waals surface area (Å²) < 4.78 is 5.55. The third-order valence-corrected chi connectivity index (χ3v) is 4.47. The predicted molar refractivity (Wildman–Crippen MR) is 99.6 cm³/mol. The highest BCUT2D eigenvalue weighted by molar-refractivity contribution is 5.98. The van der Waals surface area contributed by atoms with Crippen LogP contribution in [0.5, 0.6) is 0 Å². The summed E-state index contributed by atoms with van der Waals surface area (Å²) >= 11 is 0. The third-order valence-electron chi connectivity index (χ3n) is 4.47. The van der Waals surface area contributed by atoms with Crippen LogP contribution in [0.2, 0.25) is 0 Å². The fraction of sp³-hybridized carbons (Fsp3) is 0.625. The van der Waals surface area contributed by atoms with Crippen LogP contribution in [0.1, 0.15) is 29.6 Å². The number of amides is 1. The normalized spacial score (nSPS) is 23.1. The van der Waals surface area contributed by atoms with Gasteiger partial charge in [0.1, 0.15) is 5.82 Å². The van der Waals surface area contributed by atoms with E-state index in [0.29, 0.717) is 11.4 Å². The number of hydrogen-bond acceptors (Lipinski definition) is 5. The van der Waals surface area contributed by atoms with Gasteiger partial charge in [-0.15, -0.1) is 24.8 Å². The molecule has 1 aromatic heterocycles. The van der Waals surface area contributed by atoms with Crippen molar-refractivity contribution in [2.45, 2.75) is 31.4 Å². The fourth-order valence-corrected chi connectivity index (χ4v) is 3.22. The van der Waals surface area contributed by atoms with Crippen molar-refractivity contribution < 1.29 is 9.53 Å². The minimum atomic E-state index is 0. The van der Waals surface area contributed by atoms with Crippen molar-refractivity contribution in [2.24, 2.45) is 0 Å². The maximum Gasteiger partial charge on any atom is 0.257 e. The Bertz CT molecular complexity index is 527. The molecule has 0 spiro atoms. The zero-order valence-electron chi connectivity index (χ0n) is 13.9. The first kappa shape index (κ1) is 21.0. The maximum absolute atomic E-state index is 12.7. The molecule has 2 aliphatic heterocycles. The standard InChI is InChI=1S/C16H24N4O2.2ClH/c1-22-14-6-8-17-11-13(14)19-15-12(5-4-7-18-15)16(21)20-9-2-3-10-20;;/h4-5,7,13-14,17H,2-3,6,8-11H2,1H3,(H,18,19);2*1H/t13-,14+;;/m0../s1. The first-order chi connectivity index (χ1) is 10.8. The van der Waals surface area contributed by atoms with Crippen LogP contribution in [-0.2, 0) is 4.74 Å². The molecule has 24 heavy (non-hydrogen) atoms. The molecule has 3 rings (SSSR count). The van der Waals surface area contributed by atoms with E-state index in [-0.39, 0.29) is 42.9 Å². The molecule has 2 atom stereocenters. The van der Waals surface area contributed by atoms with Gasteiger partial charge in [0.15, 0.2) is 0 Å². The Kier molecular flexibility index (Phi) is 8.76. The Morgan fingerprint density at radius 2 is 2.12 bits per heavy atom. The smallest absolute Gasteiger partial charge is 0.257 e. The van der Waals surface area contributed by atoms with E-state index < -0.39 is 0 Å². The molecule has 0 saturated carbocycles. The van der Waals surface area contributed by atoms with Crippen LogP contribution in [0.25, 0.3) is 0 Å². The molecule has 0 radical (unpaired) electrons. The fourth-order valence-electron chi connectivity index (χ4n) is 3.22. The van der Waals surface area contributed by atoms with Gasteiger partial charge in [0.25, 0.3) is 5.91 Å². The summed E-state index contributed by atoms with van der Waals surface area (Å²) in [6, 6.07) is 3.80. The molecular weight excluding hydrogens is 351 g/mol. The van der Waals surface area contributed by atoms with Crippen molar-refractivity contribution in [1.29, 1.82) is 0 Å². The van der Waals surface area contributed by atoms with Gasteiger partial charge in [-0.05, 0) is 37.9 Å². The van der Waals surface area contributed by atoms with Crippen LogP contribution in [0.3, 0.4) is 0 Å². The maximum atomic E-state index is 12.7. The van der Waals surface area contributed by atoms with E-state index in [9.17, 15) is 4.79 Å². The van der Waals surface area contributed by atoms with Gasteiger partial charge in [0.05, 0.1) is 17.7 Å². The van der Waals surface area contributed by atoms with E-state index in [0.717, 1.165) is 45.4 Å². The molecule has 6 nitrogen and oxygen atoms in total. The van der Waals surface area contributed by atoms with Crippen LogP contribution in [-0.4, -0.2) is 61.2 Å². The quantitative estimate of drug-likeness (QED) is 0.840. The lowest BCUT2D eigenvalue weighted by molar-refractivity contribution is 0.0662. The summed E-state index contributed by atoms with van der Waals surface area (Å²) in [5, 5.41) is 6.77. The minimum Gasteiger partial charge on any atom is -0.379 e. The van der Waals surface area contributed by atoms with E-state index in [1.807, 2.05) is 17.0 Å². The van der Waals surface area contributed by atoms with Gasteiger partial charge in [0.2, 0.25) is 0 Å². The molecule has 8 heteroatoms. The van der Waals surface area contributed by atoms with Gasteiger partial charge in [0, 0.05) is 32.9 Å². The summed E-state index contributed by atoms with van der Waals surface area (Å²) in [4.78, 5) is 19.0. The molecule has 2 N–H and O–H groups in total. The van der Waals surface area contributed by atoms with E-state index in [2.05, 4.69) is 15.6 Å². The van der Waals surface area contributed by atoms with Crippen LogP contribution in [0, 0.1) is 0 Å². The molecular formula is C16H26Cl2N4O2. The third kappa shape index (κ3) is 4.72. The lowest BCUT2D eigenvalue weighted by atomic mass is 10.0. The van der Waals surface area contributed by atoms with Gasteiger partial charge >= 0.3 is 0 Å². The molecule has 0 aromatic carbocycles. The minimum absolute atomic E-state index is 0. The number of anilines is 1. The summed E-state index contributed by atoms with van der Waals surface area (Å²) in [6.45, 7) is 3.46. The summed E-state index contributed by atoms with van der Waals surface area (Å²) in [5.41, 5.74) is 0.657. The van der Waals surface area contributed by atoms with Crippen molar-refractivity contribution in [2.75, 3.05) is 38.6 Å². The average molecular weight is 377 g/mol. The lowest BCUT2D eigenvalue weighted by Gasteiger charge is -2.32. The van der Waals surface area contributed by atoms with E-state index in [4.69, 9.17) is 4.74 Å². The van der Waals surface area contributed by atoms with Crippen molar-refractivity contribution in [3.8, 4) is 0 Å². The number of hydrogen-bond donors (Lipinski definition) is 2. The highest BCUT2D eigenvalue weighted by atomic mass is 35.5. The topological polar surface area (TPSA) is 66.5 Å². The van der Waals surface area contributed by atoms with Crippen LogP contribution < -0.4 is 10.6 Å². The number of pyridine rings is 1. The van der Waals surface area contributed by atoms with Gasteiger partial charge in [-0.3, -0.25) is 4.79 Å². The number of carbonyl (C=O) groups excluding carboxylic acids is 1. The number of nitrogens with one attached hydrogen (secondary N) is 2. The Hall–Kier alpha value is -1.08. The number of ether oxygens (including phenoxy) is 1. The Morgan fingerprint density at radius 3 is 2.83 bits per heavy atom. The van der Waals surface area contributed by atoms with Crippen molar-refractivity contribution in [1.82, 2.24) is 15.2 Å². The molecule has 2 aliphatic rings. The molecule has 2 saturated heterocycles. The van der Waals surface area contributed by atoms with E-state index >= 15 is 0 Å². The molecule has 0 unspecified atom stereocenters. The SMILES string of the molecule is CO[C@@H]1CCNC[C@@H]1Nc1ncccc1C(=O)N1CCCC1.Cl.Cl. The summed E-state index contributed by atoms with van der Waals surface area (Å²) in [7, 11) is 1.74. The number of likely N-dealkylation sites (tertiary alicyclic amines) is 1. The second kappa shape index (κ2) is 10.0. The molecule has 1 amide bonds. The van der Waals surface area contributed by atoms with Crippen molar-refractivity contribution in [3.63, 3.8) is 0 Å². The van der Waals surface area contributed by atoms with Gasteiger partial charge in [-0.1, -0.05) is 0 Å². The van der Waals surface area contributed by atoms with Crippen LogP contribution in [0.15, 0.2) is 18.3 Å². The molecule has 2 fully saturated rings. The first-order valence-corrected chi connectivity index (χ1v) is 8.04. The zero-order valence-corrected chi connectivity index (χ0v) is 15.5. The largest absolute Gasteiger partial charge is 0.379 e. The lowest BCUT2D eigenvalue weighted by Crippen LogP contribution is -2.49. The van der Waals surface area contributed by atoms with Crippen LogP contribution >= 0.6 is 24.8 Å². The number of methoxy groups -OCH3 is 1. The first-order valence-electron chi connectivity index (χ1n) is 8.04. The number of rotatable bonds is 4. The van der Waals surface area contributed by atoms with Gasteiger partial charge in [-0.25, -0.2) is 4.98 Å². The number of carbonyl (C=O) groups is 1. The molecule has 0 bridgehead atoms. The van der Waals surface area contributed by atoms with Gasteiger partial charge < -0.3 is 20.3 Å². The Balaban J connectivity index is 0.00000144. The number of aromatic nitrogens is 1. The molecule has 3 heterocycles. The van der Waals surface area contributed by atoms with Gasteiger partial charge in [-0.2, -0.15) is 0 Å². The second-order valence-corrected chi connectivity index (χ2v) is 5.92. The molecule has 136 valence electrons. The highest BCUT2D eigenvalue weighted by Gasteiger charge is 2.28. The number of piperidine rings is 1. The molecule has 0 aliphatic carbocycles. The second-order valence-electron chi connectivity index (χ2n) is 5.92. The van der Waals surface area contributed by atoms with E-state index in [1.165, 1.54) is 0 Å². The van der Waals surface area contributed by atoms with E-state index in [1.54, 1.807) is 13.3 Å². The number of halogens is 2. The molecule has 1 aromatic rings. The Morgan fingerprint density at radius 1 is 1.38 bits per heavy atom. The van der Waals surface area contributed by atoms with Crippen molar-refractivity contribution >= 4 is 36.5 Å². The highest BCUT2D eigenvalue weighted by Crippen LogP contribution is 2.20. The summed E-state index contributed by atoms with van der Waals surface area (Å²) in [6.07, 6.45) is 5.00.